The van der Waals surface area contributed by atoms with Crippen LogP contribution in [0.5, 0.6) is 5.75 Å². The second-order valence-electron chi connectivity index (χ2n) is 9.12. The smallest absolute Gasteiger partial charge is 0.216 e. The number of nitrogens with zero attached hydrogens (tertiary/aromatic N) is 2. The lowest BCUT2D eigenvalue weighted by Gasteiger charge is -2.32. The second-order valence-corrected chi connectivity index (χ2v) is 9.55. The molecule has 206 valence electrons. The number of amides is 1. The van der Waals surface area contributed by atoms with E-state index in [1.165, 1.54) is 6.92 Å². The van der Waals surface area contributed by atoms with Crippen molar-refractivity contribution >= 4 is 34.9 Å². The molecule has 39 heavy (non-hydrogen) atoms. The largest absolute Gasteiger partial charge is 0.508 e. The highest BCUT2D eigenvalue weighted by atomic mass is 35.5. The van der Waals surface area contributed by atoms with E-state index in [1.807, 2.05) is 42.5 Å². The summed E-state index contributed by atoms with van der Waals surface area (Å²) in [6.07, 6.45) is 5.15. The van der Waals surface area contributed by atoms with Gasteiger partial charge in [0.1, 0.15) is 17.4 Å². The van der Waals surface area contributed by atoms with Crippen molar-refractivity contribution in [3.05, 3.63) is 87.8 Å². The fourth-order valence-corrected chi connectivity index (χ4v) is 4.50. The molecule has 0 aromatic heterocycles. The van der Waals surface area contributed by atoms with Gasteiger partial charge in [0.05, 0.1) is 31.7 Å². The van der Waals surface area contributed by atoms with Crippen molar-refractivity contribution in [3.8, 4) is 5.75 Å². The Morgan fingerprint density at radius 1 is 1.21 bits per heavy atom. The van der Waals surface area contributed by atoms with Crippen LogP contribution in [0.25, 0.3) is 0 Å². The van der Waals surface area contributed by atoms with Crippen LogP contribution in [0.15, 0.2) is 71.1 Å². The molecule has 2 aromatic carbocycles. The number of nitrogens with one attached hydrogen (secondary N) is 3. The zero-order chi connectivity index (χ0) is 28.5. The minimum absolute atomic E-state index is 0.0609. The number of methoxy groups -OCH3 is 1. The second kappa shape index (κ2) is 13.7. The summed E-state index contributed by atoms with van der Waals surface area (Å²) in [6, 6.07) is 12.7. The molecule has 0 radical (unpaired) electrons. The molecule has 0 spiro atoms. The highest BCUT2D eigenvalue weighted by Crippen LogP contribution is 2.34. The Bertz CT molecular complexity index is 1320. The summed E-state index contributed by atoms with van der Waals surface area (Å²) < 4.78 is 5.42. The topological polar surface area (TPSA) is 142 Å². The molecule has 0 saturated heterocycles. The number of rotatable bonds is 6. The van der Waals surface area contributed by atoms with Crippen LogP contribution >= 0.6 is 11.6 Å². The number of hydrogen-bond donors (Lipinski definition) is 5. The Morgan fingerprint density at radius 2 is 1.92 bits per heavy atom. The van der Waals surface area contributed by atoms with Crippen molar-refractivity contribution in [2.24, 2.45) is 10.9 Å². The molecule has 0 bridgehead atoms. The summed E-state index contributed by atoms with van der Waals surface area (Å²) in [5.74, 6) is 1.45. The molecule has 1 unspecified atom stereocenters. The van der Waals surface area contributed by atoms with E-state index in [0.717, 1.165) is 28.3 Å². The molecule has 2 aromatic rings. The predicted molar refractivity (Wildman–Crippen MR) is 154 cm³/mol. The summed E-state index contributed by atoms with van der Waals surface area (Å²) in [4.78, 5) is 17.0. The Labute approximate surface area is 233 Å². The lowest BCUT2D eigenvalue weighted by molar-refractivity contribution is -0.118. The Hall–Kier alpha value is -3.95. The van der Waals surface area contributed by atoms with Crippen LogP contribution in [0.4, 0.5) is 0 Å². The molecular formula is C29H34ClN5O4. The van der Waals surface area contributed by atoms with E-state index < -0.39 is 0 Å². The molecule has 1 atom stereocenters. The minimum Gasteiger partial charge on any atom is -0.508 e. The zero-order valence-electron chi connectivity index (χ0n) is 22.3. The van der Waals surface area contributed by atoms with Gasteiger partial charge in [-0.25, -0.2) is 0 Å². The van der Waals surface area contributed by atoms with Gasteiger partial charge in [0.15, 0.2) is 0 Å². The molecule has 5 N–H and O–H groups in total. The molecule has 1 heterocycles. The number of carbonyl (C=O) groups is 1. The Balaban J connectivity index is 0.000000242. The molecule has 1 aliphatic carbocycles. The average Bonchev–Trinajstić information content (AvgIpc) is 3.05. The standard InChI is InChI=1S/C18H19ClN4O.C11H15NO3/c1-11(20)23-16-8-7-14(24-2)9-15(16)18(22-10-17(23)21)12-3-5-13(19)6-4-12;1-8(14)12-5-4-9-2-3-10(7-13)11(15)6-9/h3-8,15,20-21H,9-10H2,1-2H3;2-3,6,13,15H,4-5,7H2,1H3,(H,12,14). The molecule has 1 amide bonds. The lowest BCUT2D eigenvalue weighted by Crippen LogP contribution is -2.38. The van der Waals surface area contributed by atoms with Crippen LogP contribution in [0, 0.1) is 16.7 Å². The third kappa shape index (κ3) is 7.78. The summed E-state index contributed by atoms with van der Waals surface area (Å²) in [6.45, 7) is 3.77. The number of benzene rings is 2. The first kappa shape index (κ1) is 29.6. The molecule has 4 rings (SSSR count). The number of aliphatic imine (C=N–C) groups is 1. The van der Waals surface area contributed by atoms with E-state index in [0.29, 0.717) is 41.6 Å². The highest BCUT2D eigenvalue weighted by Gasteiger charge is 2.34. The fourth-order valence-electron chi connectivity index (χ4n) is 4.37. The van der Waals surface area contributed by atoms with Crippen molar-refractivity contribution in [1.29, 1.82) is 10.8 Å². The van der Waals surface area contributed by atoms with Gasteiger partial charge in [-0.15, -0.1) is 0 Å². The number of carbonyl (C=O) groups excluding carboxylic acids is 1. The predicted octanol–water partition coefficient (Wildman–Crippen LogP) is 4.42. The average molecular weight is 552 g/mol. The molecule has 0 saturated carbocycles. The van der Waals surface area contributed by atoms with E-state index >= 15 is 0 Å². The zero-order valence-corrected chi connectivity index (χ0v) is 23.0. The summed E-state index contributed by atoms with van der Waals surface area (Å²) in [5.41, 5.74) is 4.20. The molecule has 10 heteroatoms. The van der Waals surface area contributed by atoms with Crippen LogP contribution < -0.4 is 5.32 Å². The number of amidine groups is 2. The first-order valence-corrected chi connectivity index (χ1v) is 12.9. The van der Waals surface area contributed by atoms with E-state index in [1.54, 1.807) is 31.1 Å². The normalized spacial score (nSPS) is 16.4. The minimum atomic E-state index is -0.169. The Kier molecular flexibility index (Phi) is 10.4. The highest BCUT2D eigenvalue weighted by molar-refractivity contribution is 6.30. The first-order chi connectivity index (χ1) is 18.6. The van der Waals surface area contributed by atoms with Crippen molar-refractivity contribution in [1.82, 2.24) is 10.2 Å². The molecular weight excluding hydrogens is 518 g/mol. The molecule has 9 nitrogen and oxygen atoms in total. The number of fused-ring (bicyclic) bond motifs is 1. The fraction of sp³-hybridized carbons (Fsp3) is 0.310. The summed E-state index contributed by atoms with van der Waals surface area (Å²) >= 11 is 6.00. The van der Waals surface area contributed by atoms with Gasteiger partial charge >= 0.3 is 0 Å². The van der Waals surface area contributed by atoms with Crippen LogP contribution in [0.3, 0.4) is 0 Å². The first-order valence-electron chi connectivity index (χ1n) is 12.5. The maximum atomic E-state index is 10.6. The van der Waals surface area contributed by atoms with Gasteiger partial charge < -0.3 is 20.3 Å². The molecule has 0 fully saturated rings. The monoisotopic (exact) mass is 551 g/mol. The lowest BCUT2D eigenvalue weighted by atomic mass is 9.86. The SMILES string of the molecule is CC(=O)NCCc1ccc(CO)c(O)c1.COC1=CC=C2C(C1)C(c1ccc(Cl)cc1)=NCC(=N)N2C(C)=N. The summed E-state index contributed by atoms with van der Waals surface area (Å²) in [7, 11) is 1.65. The quantitative estimate of drug-likeness (QED) is 0.267. The number of allylic oxidation sites excluding steroid dienone is 4. The van der Waals surface area contributed by atoms with Gasteiger partial charge in [0.2, 0.25) is 5.91 Å². The van der Waals surface area contributed by atoms with Crippen LogP contribution in [-0.4, -0.2) is 58.6 Å². The molecule has 2 aliphatic rings. The number of ether oxygens (including phenoxy) is 1. The number of aliphatic hydroxyl groups is 1. The molecule has 1 aliphatic heterocycles. The van der Waals surface area contributed by atoms with Gasteiger partial charge in [-0.3, -0.25) is 25.5 Å². The van der Waals surface area contributed by atoms with Crippen LogP contribution in [0.1, 0.15) is 37.0 Å². The van der Waals surface area contributed by atoms with E-state index in [2.05, 4.69) is 10.3 Å². The number of aromatic hydroxyl groups is 1. The van der Waals surface area contributed by atoms with Crippen molar-refractivity contribution in [2.45, 2.75) is 33.3 Å². The van der Waals surface area contributed by atoms with Gasteiger partial charge in [-0.1, -0.05) is 35.9 Å². The van der Waals surface area contributed by atoms with Crippen LogP contribution in [-0.2, 0) is 22.6 Å². The van der Waals surface area contributed by atoms with E-state index in [-0.39, 0.29) is 30.7 Å². The van der Waals surface area contributed by atoms with E-state index in [4.69, 9.17) is 32.3 Å². The third-order valence-electron chi connectivity index (χ3n) is 6.30. The summed E-state index contributed by atoms with van der Waals surface area (Å²) in [5, 5.41) is 38.0. The van der Waals surface area contributed by atoms with Crippen molar-refractivity contribution in [3.63, 3.8) is 0 Å². The maximum absolute atomic E-state index is 10.6. The maximum Gasteiger partial charge on any atom is 0.216 e. The Morgan fingerprint density at radius 3 is 2.51 bits per heavy atom. The van der Waals surface area contributed by atoms with Crippen molar-refractivity contribution < 1.29 is 19.7 Å². The van der Waals surface area contributed by atoms with Crippen LogP contribution in [0.2, 0.25) is 5.02 Å². The van der Waals surface area contributed by atoms with Gasteiger partial charge in [0, 0.05) is 42.1 Å². The number of phenols is 1. The van der Waals surface area contributed by atoms with Gasteiger partial charge in [-0.05, 0) is 54.8 Å². The number of aliphatic hydroxyl groups excluding tert-OH is 1. The van der Waals surface area contributed by atoms with Crippen molar-refractivity contribution in [2.75, 3.05) is 20.2 Å². The number of hydrogen-bond acceptors (Lipinski definition) is 7. The van der Waals surface area contributed by atoms with Gasteiger partial charge in [0.25, 0.3) is 0 Å². The van der Waals surface area contributed by atoms with E-state index in [9.17, 15) is 9.90 Å². The number of halogens is 1. The third-order valence-corrected chi connectivity index (χ3v) is 6.56. The van der Waals surface area contributed by atoms with Gasteiger partial charge in [-0.2, -0.15) is 0 Å².